The third kappa shape index (κ3) is 2.92. The van der Waals surface area contributed by atoms with Gasteiger partial charge in [0.05, 0.1) is 0 Å². The number of nitrogens with one attached hydrogen (secondary N) is 2. The molecule has 3 rings (SSSR count). The first kappa shape index (κ1) is 18.0. The minimum atomic E-state index is -0.752. The molecule has 4 amide bonds. The Morgan fingerprint density at radius 3 is 2.57 bits per heavy atom. The highest BCUT2D eigenvalue weighted by atomic mass is 35.5. The normalized spacial score (nSPS) is 27.0. The standard InChI is InChI=1S/C15H24N4O3.ClH/c1-10(12(20)18(2)11-5-8-16-9-11)19-13(21)15(17-14(19)22)6-3-4-7-15;/h10-11,16H,3-9H2,1-2H3,(H,17,22);1H. The Morgan fingerprint density at radius 2 is 2.00 bits per heavy atom. The Morgan fingerprint density at radius 1 is 1.35 bits per heavy atom. The average molecular weight is 345 g/mol. The fourth-order valence-corrected chi connectivity index (χ4v) is 3.87. The minimum Gasteiger partial charge on any atom is -0.340 e. The molecule has 0 aromatic rings. The fourth-order valence-electron chi connectivity index (χ4n) is 3.87. The summed E-state index contributed by atoms with van der Waals surface area (Å²) < 4.78 is 0. The summed E-state index contributed by atoms with van der Waals surface area (Å²) in [6.07, 6.45) is 4.14. The lowest BCUT2D eigenvalue weighted by Gasteiger charge is -2.30. The molecule has 7 nitrogen and oxygen atoms in total. The molecule has 3 aliphatic rings. The molecule has 130 valence electrons. The van der Waals surface area contributed by atoms with Crippen LogP contribution >= 0.6 is 12.4 Å². The first-order chi connectivity index (χ1) is 10.5. The van der Waals surface area contributed by atoms with Gasteiger partial charge in [-0.15, -0.1) is 12.4 Å². The van der Waals surface area contributed by atoms with Gasteiger partial charge in [-0.1, -0.05) is 12.8 Å². The Labute approximate surface area is 142 Å². The quantitative estimate of drug-likeness (QED) is 0.730. The Balaban J connectivity index is 0.00000192. The summed E-state index contributed by atoms with van der Waals surface area (Å²) in [4.78, 5) is 40.4. The molecule has 1 saturated carbocycles. The van der Waals surface area contributed by atoms with Gasteiger partial charge in [0, 0.05) is 19.6 Å². The number of urea groups is 1. The number of imide groups is 1. The van der Waals surface area contributed by atoms with E-state index in [9.17, 15) is 14.4 Å². The second-order valence-corrected chi connectivity index (χ2v) is 6.67. The van der Waals surface area contributed by atoms with Crippen molar-refractivity contribution in [1.82, 2.24) is 20.4 Å². The zero-order chi connectivity index (χ0) is 15.9. The van der Waals surface area contributed by atoms with Crippen LogP contribution in [-0.4, -0.2) is 65.4 Å². The van der Waals surface area contributed by atoms with E-state index in [0.717, 1.165) is 37.3 Å². The average Bonchev–Trinajstić information content (AvgIpc) is 3.21. The SMILES string of the molecule is CC(C(=O)N(C)C1CCNC1)N1C(=O)NC2(CCCC2)C1=O.Cl. The summed E-state index contributed by atoms with van der Waals surface area (Å²) >= 11 is 0. The van der Waals surface area contributed by atoms with Gasteiger partial charge in [-0.05, 0) is 32.7 Å². The van der Waals surface area contributed by atoms with Crippen molar-refractivity contribution in [2.75, 3.05) is 20.1 Å². The number of rotatable bonds is 3. The molecule has 0 radical (unpaired) electrons. The van der Waals surface area contributed by atoms with E-state index in [1.165, 1.54) is 0 Å². The Hall–Kier alpha value is -1.34. The Kier molecular flexibility index (Phi) is 5.20. The molecule has 0 aromatic carbocycles. The number of halogens is 1. The van der Waals surface area contributed by atoms with Gasteiger partial charge in [0.15, 0.2) is 0 Å². The van der Waals surface area contributed by atoms with E-state index in [0.29, 0.717) is 12.8 Å². The van der Waals surface area contributed by atoms with Crippen LogP contribution in [-0.2, 0) is 9.59 Å². The smallest absolute Gasteiger partial charge is 0.325 e. The van der Waals surface area contributed by atoms with E-state index in [2.05, 4.69) is 10.6 Å². The maximum atomic E-state index is 12.7. The first-order valence-electron chi connectivity index (χ1n) is 8.09. The van der Waals surface area contributed by atoms with E-state index in [1.807, 2.05) is 0 Å². The van der Waals surface area contributed by atoms with E-state index >= 15 is 0 Å². The zero-order valence-corrected chi connectivity index (χ0v) is 14.4. The number of hydrogen-bond donors (Lipinski definition) is 2. The largest absolute Gasteiger partial charge is 0.340 e. The van der Waals surface area contributed by atoms with Crippen molar-refractivity contribution in [3.63, 3.8) is 0 Å². The molecule has 2 atom stereocenters. The summed E-state index contributed by atoms with van der Waals surface area (Å²) in [6.45, 7) is 3.30. The monoisotopic (exact) mass is 344 g/mol. The summed E-state index contributed by atoms with van der Waals surface area (Å²) in [5.74, 6) is -0.402. The van der Waals surface area contributed by atoms with Crippen LogP contribution < -0.4 is 10.6 Å². The van der Waals surface area contributed by atoms with Crippen LogP contribution in [0.5, 0.6) is 0 Å². The van der Waals surface area contributed by atoms with E-state index in [-0.39, 0.29) is 30.3 Å². The second-order valence-electron chi connectivity index (χ2n) is 6.67. The van der Waals surface area contributed by atoms with Crippen molar-refractivity contribution in [2.45, 2.75) is 56.7 Å². The number of amides is 4. The Bertz CT molecular complexity index is 501. The summed E-state index contributed by atoms with van der Waals surface area (Å²) in [6, 6.07) is -1.04. The molecule has 3 fully saturated rings. The minimum absolute atomic E-state index is 0. The third-order valence-electron chi connectivity index (χ3n) is 5.32. The van der Waals surface area contributed by atoms with Crippen molar-refractivity contribution in [1.29, 1.82) is 0 Å². The van der Waals surface area contributed by atoms with Crippen LogP contribution in [0.1, 0.15) is 39.0 Å². The summed E-state index contributed by atoms with van der Waals surface area (Å²) in [5, 5.41) is 6.05. The van der Waals surface area contributed by atoms with Crippen molar-refractivity contribution >= 4 is 30.3 Å². The maximum absolute atomic E-state index is 12.7. The lowest BCUT2D eigenvalue weighted by molar-refractivity contribution is -0.143. The lowest BCUT2D eigenvalue weighted by Crippen LogP contribution is -2.52. The van der Waals surface area contributed by atoms with Crippen LogP contribution in [0.15, 0.2) is 0 Å². The highest BCUT2D eigenvalue weighted by Crippen LogP contribution is 2.35. The molecule has 2 N–H and O–H groups in total. The zero-order valence-electron chi connectivity index (χ0n) is 13.6. The van der Waals surface area contributed by atoms with E-state index in [4.69, 9.17) is 0 Å². The van der Waals surface area contributed by atoms with Gasteiger partial charge >= 0.3 is 6.03 Å². The molecule has 23 heavy (non-hydrogen) atoms. The van der Waals surface area contributed by atoms with Crippen molar-refractivity contribution in [3.05, 3.63) is 0 Å². The molecular formula is C15H25ClN4O3. The van der Waals surface area contributed by atoms with Crippen molar-refractivity contribution in [2.24, 2.45) is 0 Å². The number of carbonyl (C=O) groups is 3. The molecule has 2 saturated heterocycles. The van der Waals surface area contributed by atoms with Gasteiger partial charge in [-0.25, -0.2) is 9.69 Å². The molecule has 2 aliphatic heterocycles. The van der Waals surface area contributed by atoms with Gasteiger partial charge in [0.2, 0.25) is 5.91 Å². The highest BCUT2D eigenvalue weighted by molar-refractivity contribution is 6.09. The van der Waals surface area contributed by atoms with Crippen LogP contribution in [0, 0.1) is 0 Å². The fraction of sp³-hybridized carbons (Fsp3) is 0.800. The molecule has 0 aromatic heterocycles. The van der Waals surface area contributed by atoms with Gasteiger partial charge in [0.1, 0.15) is 11.6 Å². The number of carbonyl (C=O) groups excluding carboxylic acids is 3. The molecule has 0 bridgehead atoms. The third-order valence-corrected chi connectivity index (χ3v) is 5.32. The van der Waals surface area contributed by atoms with Crippen LogP contribution in [0.4, 0.5) is 4.79 Å². The van der Waals surface area contributed by atoms with Crippen LogP contribution in [0.25, 0.3) is 0 Å². The van der Waals surface area contributed by atoms with Gasteiger partial charge in [-0.3, -0.25) is 9.59 Å². The maximum Gasteiger partial charge on any atom is 0.325 e. The summed E-state index contributed by atoms with van der Waals surface area (Å²) in [5.41, 5.74) is -0.751. The van der Waals surface area contributed by atoms with Crippen LogP contribution in [0.2, 0.25) is 0 Å². The molecule has 2 heterocycles. The molecule has 8 heteroatoms. The lowest BCUT2D eigenvalue weighted by atomic mass is 9.97. The molecule has 1 aliphatic carbocycles. The molecular weight excluding hydrogens is 320 g/mol. The van der Waals surface area contributed by atoms with Crippen LogP contribution in [0.3, 0.4) is 0 Å². The number of hydrogen-bond acceptors (Lipinski definition) is 4. The van der Waals surface area contributed by atoms with Crippen molar-refractivity contribution < 1.29 is 14.4 Å². The molecule has 1 spiro atoms. The van der Waals surface area contributed by atoms with Gasteiger partial charge < -0.3 is 15.5 Å². The predicted octanol–water partition coefficient (Wildman–Crippen LogP) is 0.482. The molecule has 2 unspecified atom stereocenters. The number of nitrogens with zero attached hydrogens (tertiary/aromatic N) is 2. The second kappa shape index (κ2) is 6.65. The highest BCUT2D eigenvalue weighted by Gasteiger charge is 2.54. The topological polar surface area (TPSA) is 81.8 Å². The van der Waals surface area contributed by atoms with Crippen molar-refractivity contribution in [3.8, 4) is 0 Å². The van der Waals surface area contributed by atoms with E-state index in [1.54, 1.807) is 18.9 Å². The predicted molar refractivity (Wildman–Crippen MR) is 87.3 cm³/mol. The van der Waals surface area contributed by atoms with E-state index < -0.39 is 17.6 Å². The van der Waals surface area contributed by atoms with Gasteiger partial charge in [-0.2, -0.15) is 0 Å². The van der Waals surface area contributed by atoms with Gasteiger partial charge in [0.25, 0.3) is 5.91 Å². The summed E-state index contributed by atoms with van der Waals surface area (Å²) in [7, 11) is 1.75. The number of likely N-dealkylation sites (N-methyl/N-ethyl adjacent to an activating group) is 1. The first-order valence-corrected chi connectivity index (χ1v) is 8.09.